The third kappa shape index (κ3) is 6.65. The zero-order chi connectivity index (χ0) is 15.5. The molecule has 21 heavy (non-hydrogen) atoms. The highest BCUT2D eigenvalue weighted by Gasteiger charge is 2.09. The van der Waals surface area contributed by atoms with Crippen molar-refractivity contribution in [2.24, 2.45) is 5.16 Å². The van der Waals surface area contributed by atoms with Crippen molar-refractivity contribution in [1.29, 1.82) is 0 Å². The van der Waals surface area contributed by atoms with E-state index in [9.17, 15) is 5.11 Å². The number of aryl methyl sites for hydroxylation is 1. The lowest BCUT2D eigenvalue weighted by Crippen LogP contribution is -2.02. The van der Waals surface area contributed by atoms with Gasteiger partial charge in [0.05, 0.1) is 5.71 Å². The van der Waals surface area contributed by atoms with E-state index in [0.717, 1.165) is 18.4 Å². The van der Waals surface area contributed by atoms with Crippen molar-refractivity contribution in [3.05, 3.63) is 29.3 Å². The van der Waals surface area contributed by atoms with Crippen LogP contribution in [-0.4, -0.2) is 16.0 Å². The van der Waals surface area contributed by atoms with Crippen LogP contribution in [-0.2, 0) is 0 Å². The van der Waals surface area contributed by atoms with Crippen LogP contribution < -0.4 is 0 Å². The molecule has 0 heterocycles. The molecule has 0 unspecified atom stereocenters. The Labute approximate surface area is 128 Å². The fourth-order valence-corrected chi connectivity index (χ4v) is 2.55. The number of phenols is 1. The smallest absolute Gasteiger partial charge is 0.125 e. The third-order valence-corrected chi connectivity index (χ3v) is 3.85. The van der Waals surface area contributed by atoms with Gasteiger partial charge in [0.1, 0.15) is 5.75 Å². The van der Waals surface area contributed by atoms with E-state index in [4.69, 9.17) is 5.21 Å². The summed E-state index contributed by atoms with van der Waals surface area (Å²) in [4.78, 5) is 0. The molecule has 1 aromatic carbocycles. The lowest BCUT2D eigenvalue weighted by molar-refractivity contribution is 0.317. The first-order chi connectivity index (χ1) is 10.2. The van der Waals surface area contributed by atoms with Crippen molar-refractivity contribution >= 4 is 5.71 Å². The zero-order valence-electron chi connectivity index (χ0n) is 13.4. The topological polar surface area (TPSA) is 52.8 Å². The molecular weight excluding hydrogens is 262 g/mol. The van der Waals surface area contributed by atoms with Crippen molar-refractivity contribution in [2.45, 2.75) is 71.6 Å². The zero-order valence-corrected chi connectivity index (χ0v) is 13.4. The summed E-state index contributed by atoms with van der Waals surface area (Å²) in [6.45, 7) is 4.16. The summed E-state index contributed by atoms with van der Waals surface area (Å²) in [5, 5.41) is 22.4. The molecule has 3 nitrogen and oxygen atoms in total. The molecule has 0 aliphatic carbocycles. The first-order valence-corrected chi connectivity index (χ1v) is 8.20. The van der Waals surface area contributed by atoms with E-state index in [2.05, 4.69) is 12.1 Å². The minimum atomic E-state index is 0.197. The Hall–Kier alpha value is -1.51. The molecule has 0 aromatic heterocycles. The highest BCUT2D eigenvalue weighted by atomic mass is 16.4. The van der Waals surface area contributed by atoms with Gasteiger partial charge in [-0.15, -0.1) is 0 Å². The molecule has 0 aliphatic rings. The minimum absolute atomic E-state index is 0.197. The van der Waals surface area contributed by atoms with Gasteiger partial charge in [0.15, 0.2) is 0 Å². The maximum absolute atomic E-state index is 9.92. The van der Waals surface area contributed by atoms with E-state index in [1.54, 1.807) is 6.07 Å². The molecule has 1 rings (SSSR count). The summed E-state index contributed by atoms with van der Waals surface area (Å²) >= 11 is 0. The molecule has 0 amide bonds. The van der Waals surface area contributed by atoms with Gasteiger partial charge in [-0.25, -0.2) is 0 Å². The van der Waals surface area contributed by atoms with Gasteiger partial charge >= 0.3 is 0 Å². The quantitative estimate of drug-likeness (QED) is 0.262. The van der Waals surface area contributed by atoms with Gasteiger partial charge in [-0.1, -0.05) is 63.1 Å². The molecule has 118 valence electrons. The number of phenolic OH excluding ortho intramolecular Hbond substituents is 1. The second-order valence-electron chi connectivity index (χ2n) is 5.79. The molecule has 0 saturated carbocycles. The first kappa shape index (κ1) is 17.5. The summed E-state index contributed by atoms with van der Waals surface area (Å²) in [5.41, 5.74) is 2.23. The van der Waals surface area contributed by atoms with Crippen LogP contribution in [0.5, 0.6) is 5.75 Å². The second-order valence-corrected chi connectivity index (χ2v) is 5.79. The van der Waals surface area contributed by atoms with Gasteiger partial charge in [-0.05, 0) is 37.5 Å². The molecule has 0 fully saturated rings. The summed E-state index contributed by atoms with van der Waals surface area (Å²) in [5.74, 6) is 0.197. The molecular formula is C18H29NO2. The lowest BCUT2D eigenvalue weighted by atomic mass is 10.0. The van der Waals surface area contributed by atoms with Gasteiger partial charge in [-0.2, -0.15) is 0 Å². The monoisotopic (exact) mass is 291 g/mol. The van der Waals surface area contributed by atoms with Crippen molar-refractivity contribution in [2.75, 3.05) is 0 Å². The summed E-state index contributed by atoms with van der Waals surface area (Å²) in [6.07, 6.45) is 10.7. The van der Waals surface area contributed by atoms with Crippen molar-refractivity contribution in [1.82, 2.24) is 0 Å². The summed E-state index contributed by atoms with van der Waals surface area (Å²) < 4.78 is 0. The third-order valence-electron chi connectivity index (χ3n) is 3.85. The van der Waals surface area contributed by atoms with Gasteiger partial charge < -0.3 is 10.3 Å². The molecule has 0 bridgehead atoms. The number of oxime groups is 1. The fraction of sp³-hybridized carbons (Fsp3) is 0.611. The first-order valence-electron chi connectivity index (χ1n) is 8.20. The normalized spacial score (nSPS) is 11.8. The molecule has 0 atom stereocenters. The summed E-state index contributed by atoms with van der Waals surface area (Å²) in [7, 11) is 0. The molecule has 1 aromatic rings. The molecule has 0 aliphatic heterocycles. The average molecular weight is 291 g/mol. The van der Waals surface area contributed by atoms with Crippen LogP contribution in [0.4, 0.5) is 0 Å². The highest BCUT2D eigenvalue weighted by Crippen LogP contribution is 2.22. The van der Waals surface area contributed by atoms with Crippen LogP contribution in [0.3, 0.4) is 0 Å². The number of aromatic hydroxyl groups is 1. The number of benzene rings is 1. The van der Waals surface area contributed by atoms with Gasteiger partial charge in [0.2, 0.25) is 0 Å². The molecule has 0 spiro atoms. The van der Waals surface area contributed by atoms with Crippen LogP contribution >= 0.6 is 0 Å². The van der Waals surface area contributed by atoms with Crippen molar-refractivity contribution in [3.63, 3.8) is 0 Å². The van der Waals surface area contributed by atoms with E-state index in [1.807, 2.05) is 19.1 Å². The van der Waals surface area contributed by atoms with Crippen LogP contribution in [0.1, 0.15) is 75.8 Å². The van der Waals surface area contributed by atoms with E-state index in [1.165, 1.54) is 38.5 Å². The maximum Gasteiger partial charge on any atom is 0.125 e. The predicted molar refractivity (Wildman–Crippen MR) is 88.4 cm³/mol. The number of hydrogen-bond acceptors (Lipinski definition) is 3. The molecule has 2 N–H and O–H groups in total. The van der Waals surface area contributed by atoms with Crippen LogP contribution in [0.15, 0.2) is 23.4 Å². The Balaban J connectivity index is 2.29. The Morgan fingerprint density at radius 2 is 1.62 bits per heavy atom. The summed E-state index contributed by atoms with van der Waals surface area (Å²) in [6, 6.07) is 5.45. The minimum Gasteiger partial charge on any atom is -0.507 e. The van der Waals surface area contributed by atoms with E-state index < -0.39 is 0 Å². The lowest BCUT2D eigenvalue weighted by Gasteiger charge is -2.08. The number of unbranched alkanes of at least 4 members (excludes halogenated alkanes) is 7. The Bertz CT molecular complexity index is 441. The van der Waals surface area contributed by atoms with Crippen LogP contribution in [0.25, 0.3) is 0 Å². The maximum atomic E-state index is 9.92. The van der Waals surface area contributed by atoms with Crippen LogP contribution in [0.2, 0.25) is 0 Å². The predicted octanol–water partition coefficient (Wildman–Crippen LogP) is 5.41. The van der Waals surface area contributed by atoms with Gasteiger partial charge in [-0.3, -0.25) is 0 Å². The second kappa shape index (κ2) is 10.3. The number of nitrogens with zero attached hydrogens (tertiary/aromatic N) is 1. The van der Waals surface area contributed by atoms with E-state index >= 15 is 0 Å². The van der Waals surface area contributed by atoms with E-state index in [0.29, 0.717) is 17.7 Å². The van der Waals surface area contributed by atoms with Crippen molar-refractivity contribution < 1.29 is 10.3 Å². The Kier molecular flexibility index (Phi) is 8.56. The highest BCUT2D eigenvalue weighted by molar-refractivity contribution is 6.02. The SMILES string of the molecule is CCCCCCCCCC/C(=N/O)c1ccc(C)cc1O. The molecule has 3 heteroatoms. The van der Waals surface area contributed by atoms with E-state index in [-0.39, 0.29) is 5.75 Å². The standard InChI is InChI=1S/C18H29NO2/c1-3-4-5-6-7-8-9-10-11-17(19-21)16-13-12-15(2)14-18(16)20/h12-14,20-21H,3-11H2,1-2H3/b19-17-. The number of rotatable bonds is 10. The molecule has 0 radical (unpaired) electrons. The van der Waals surface area contributed by atoms with Crippen LogP contribution in [0, 0.1) is 6.92 Å². The Morgan fingerprint density at radius 3 is 2.19 bits per heavy atom. The molecule has 0 saturated heterocycles. The Morgan fingerprint density at radius 1 is 1.00 bits per heavy atom. The van der Waals surface area contributed by atoms with Gasteiger partial charge in [0.25, 0.3) is 0 Å². The van der Waals surface area contributed by atoms with Crippen molar-refractivity contribution in [3.8, 4) is 5.75 Å². The average Bonchev–Trinajstić information content (AvgIpc) is 2.47. The van der Waals surface area contributed by atoms with Gasteiger partial charge in [0, 0.05) is 5.56 Å². The number of hydrogen-bond donors (Lipinski definition) is 2. The largest absolute Gasteiger partial charge is 0.507 e. The fourth-order valence-electron chi connectivity index (χ4n) is 2.55.